The minimum absolute atomic E-state index is 0.0183. The molecule has 1 saturated carbocycles. The van der Waals surface area contributed by atoms with Crippen molar-refractivity contribution in [2.24, 2.45) is 0 Å². The SMILES string of the molecule is CN(C(=O)c1cccc(S(=O)(=O)NC2CC2)c1)c1nc2ccccc2s1. The Kier molecular flexibility index (Phi) is 4.26. The van der Waals surface area contributed by atoms with E-state index in [0.29, 0.717) is 10.7 Å². The topological polar surface area (TPSA) is 79.4 Å². The van der Waals surface area contributed by atoms with Gasteiger partial charge in [-0.2, -0.15) is 0 Å². The predicted octanol–water partition coefficient (Wildman–Crippen LogP) is 3.01. The van der Waals surface area contributed by atoms with Crippen molar-refractivity contribution in [1.29, 1.82) is 0 Å². The second kappa shape index (κ2) is 6.46. The van der Waals surface area contributed by atoms with Crippen molar-refractivity contribution in [1.82, 2.24) is 9.71 Å². The Morgan fingerprint density at radius 1 is 1.19 bits per heavy atom. The highest BCUT2D eigenvalue weighted by molar-refractivity contribution is 7.89. The summed E-state index contributed by atoms with van der Waals surface area (Å²) in [7, 11) is -1.96. The van der Waals surface area contributed by atoms with Crippen LogP contribution in [0.5, 0.6) is 0 Å². The molecule has 0 spiro atoms. The Bertz CT molecular complexity index is 1050. The number of benzene rings is 2. The van der Waals surface area contributed by atoms with Gasteiger partial charge in [0.15, 0.2) is 5.13 Å². The molecule has 2 aromatic carbocycles. The summed E-state index contributed by atoms with van der Waals surface area (Å²) in [5.41, 5.74) is 1.14. The monoisotopic (exact) mass is 387 g/mol. The zero-order chi connectivity index (χ0) is 18.3. The predicted molar refractivity (Wildman–Crippen MR) is 102 cm³/mol. The number of carbonyl (C=O) groups is 1. The maximum Gasteiger partial charge on any atom is 0.259 e. The number of hydrogen-bond acceptors (Lipinski definition) is 5. The van der Waals surface area contributed by atoms with Crippen LogP contribution in [0.3, 0.4) is 0 Å². The average Bonchev–Trinajstić information content (AvgIpc) is 3.33. The molecular weight excluding hydrogens is 370 g/mol. The van der Waals surface area contributed by atoms with Gasteiger partial charge in [-0.15, -0.1) is 0 Å². The number of fused-ring (bicyclic) bond motifs is 1. The number of nitrogens with zero attached hydrogens (tertiary/aromatic N) is 2. The fraction of sp³-hybridized carbons (Fsp3) is 0.222. The number of para-hydroxylation sites is 1. The molecule has 1 amide bonds. The second-order valence-corrected chi connectivity index (χ2v) is 8.97. The standard InChI is InChI=1S/C18H17N3O3S2/c1-21(18-19-15-7-2-3-8-16(15)25-18)17(22)12-5-4-6-14(11-12)26(23,24)20-13-9-10-13/h2-8,11,13,20H,9-10H2,1H3. The molecule has 0 atom stereocenters. The fourth-order valence-electron chi connectivity index (χ4n) is 2.57. The molecule has 134 valence electrons. The fourth-order valence-corrected chi connectivity index (χ4v) is 4.84. The first-order chi connectivity index (χ1) is 12.4. The summed E-state index contributed by atoms with van der Waals surface area (Å²) in [6.07, 6.45) is 1.72. The van der Waals surface area contributed by atoms with Crippen molar-refractivity contribution in [3.8, 4) is 0 Å². The van der Waals surface area contributed by atoms with E-state index < -0.39 is 10.0 Å². The molecule has 1 aliphatic carbocycles. The average molecular weight is 387 g/mol. The molecule has 8 heteroatoms. The first-order valence-corrected chi connectivity index (χ1v) is 10.5. The van der Waals surface area contributed by atoms with Crippen molar-refractivity contribution in [2.75, 3.05) is 11.9 Å². The third kappa shape index (κ3) is 3.35. The van der Waals surface area contributed by atoms with Crippen molar-refractivity contribution in [3.63, 3.8) is 0 Å². The molecule has 1 heterocycles. The molecule has 4 rings (SSSR count). The molecule has 1 N–H and O–H groups in total. The maximum atomic E-state index is 12.8. The zero-order valence-electron chi connectivity index (χ0n) is 14.0. The van der Waals surface area contributed by atoms with E-state index in [0.717, 1.165) is 23.1 Å². The van der Waals surface area contributed by atoms with Crippen LogP contribution in [-0.4, -0.2) is 32.4 Å². The van der Waals surface area contributed by atoms with Gasteiger partial charge in [-0.1, -0.05) is 29.5 Å². The number of thiazole rings is 1. The minimum atomic E-state index is -3.60. The van der Waals surface area contributed by atoms with E-state index in [1.54, 1.807) is 19.2 Å². The van der Waals surface area contributed by atoms with Gasteiger partial charge in [0, 0.05) is 18.7 Å². The lowest BCUT2D eigenvalue weighted by molar-refractivity contribution is 0.0993. The number of hydrogen-bond donors (Lipinski definition) is 1. The number of carbonyl (C=O) groups excluding carboxylic acids is 1. The lowest BCUT2D eigenvalue weighted by Crippen LogP contribution is -2.28. The van der Waals surface area contributed by atoms with Gasteiger partial charge in [-0.25, -0.2) is 18.1 Å². The van der Waals surface area contributed by atoms with Crippen molar-refractivity contribution in [2.45, 2.75) is 23.8 Å². The molecule has 1 aliphatic rings. The number of aromatic nitrogens is 1. The number of rotatable bonds is 5. The van der Waals surface area contributed by atoms with Crippen molar-refractivity contribution < 1.29 is 13.2 Å². The van der Waals surface area contributed by atoms with Gasteiger partial charge in [0.05, 0.1) is 15.1 Å². The molecule has 1 aromatic heterocycles. The molecule has 0 radical (unpaired) electrons. The van der Waals surface area contributed by atoms with E-state index in [2.05, 4.69) is 9.71 Å². The quantitative estimate of drug-likeness (QED) is 0.730. The zero-order valence-corrected chi connectivity index (χ0v) is 15.7. The van der Waals surface area contributed by atoms with Gasteiger partial charge < -0.3 is 0 Å². The van der Waals surface area contributed by atoms with E-state index in [-0.39, 0.29) is 16.8 Å². The third-order valence-corrected chi connectivity index (χ3v) is 6.80. The van der Waals surface area contributed by atoms with Crippen molar-refractivity contribution in [3.05, 3.63) is 54.1 Å². The Labute approximate surface area is 155 Å². The van der Waals surface area contributed by atoms with Gasteiger partial charge in [-0.05, 0) is 43.2 Å². The second-order valence-electron chi connectivity index (χ2n) is 6.25. The van der Waals surface area contributed by atoms with Crippen molar-refractivity contribution >= 4 is 42.6 Å². The summed E-state index contributed by atoms with van der Waals surface area (Å²) in [6, 6.07) is 13.8. The summed E-state index contributed by atoms with van der Waals surface area (Å²) in [4.78, 5) is 18.8. The lowest BCUT2D eigenvalue weighted by atomic mass is 10.2. The van der Waals surface area contributed by atoms with Gasteiger partial charge in [0.25, 0.3) is 5.91 Å². The summed E-state index contributed by atoms with van der Waals surface area (Å²) in [5.74, 6) is -0.299. The molecule has 6 nitrogen and oxygen atoms in total. The lowest BCUT2D eigenvalue weighted by Gasteiger charge is -2.14. The van der Waals surface area contributed by atoms with Gasteiger partial charge in [0.2, 0.25) is 10.0 Å². The van der Waals surface area contributed by atoms with Gasteiger partial charge >= 0.3 is 0 Å². The number of amides is 1. The smallest absolute Gasteiger partial charge is 0.259 e. The summed E-state index contributed by atoms with van der Waals surface area (Å²) in [6.45, 7) is 0. The molecule has 3 aromatic rings. The molecule has 26 heavy (non-hydrogen) atoms. The first-order valence-electron chi connectivity index (χ1n) is 8.20. The highest BCUT2D eigenvalue weighted by atomic mass is 32.2. The van der Waals surface area contributed by atoms with E-state index in [4.69, 9.17) is 0 Å². The largest absolute Gasteiger partial charge is 0.287 e. The molecule has 0 bridgehead atoms. The van der Waals surface area contributed by atoms with Gasteiger partial charge in [0.1, 0.15) is 0 Å². The molecular formula is C18H17N3O3S2. The number of sulfonamides is 1. The third-order valence-electron chi connectivity index (χ3n) is 4.16. The Hall–Kier alpha value is -2.29. The summed E-state index contributed by atoms with van der Waals surface area (Å²) < 4.78 is 28.4. The molecule has 0 saturated heterocycles. The Morgan fingerprint density at radius 3 is 2.69 bits per heavy atom. The maximum absolute atomic E-state index is 12.8. The van der Waals surface area contributed by atoms with E-state index in [9.17, 15) is 13.2 Å². The van der Waals surface area contributed by atoms with Crippen LogP contribution in [-0.2, 0) is 10.0 Å². The normalized spacial score (nSPS) is 14.5. The van der Waals surface area contributed by atoms with Crippen LogP contribution in [0.1, 0.15) is 23.2 Å². The Morgan fingerprint density at radius 2 is 1.96 bits per heavy atom. The Balaban J connectivity index is 1.62. The van der Waals surface area contributed by atoms with Crippen LogP contribution in [0.25, 0.3) is 10.2 Å². The van der Waals surface area contributed by atoms with Gasteiger partial charge in [-0.3, -0.25) is 9.69 Å². The van der Waals surface area contributed by atoms with Crippen LogP contribution in [0.2, 0.25) is 0 Å². The van der Waals surface area contributed by atoms with Crippen LogP contribution in [0, 0.1) is 0 Å². The molecule has 0 unspecified atom stereocenters. The highest BCUT2D eigenvalue weighted by Crippen LogP contribution is 2.29. The summed E-state index contributed by atoms with van der Waals surface area (Å²) >= 11 is 1.42. The summed E-state index contributed by atoms with van der Waals surface area (Å²) in [5, 5.41) is 0.570. The van der Waals surface area contributed by atoms with Crippen LogP contribution < -0.4 is 9.62 Å². The van der Waals surface area contributed by atoms with E-state index in [1.165, 1.54) is 28.4 Å². The van der Waals surface area contributed by atoms with E-state index >= 15 is 0 Å². The van der Waals surface area contributed by atoms with Crippen LogP contribution in [0.4, 0.5) is 5.13 Å². The minimum Gasteiger partial charge on any atom is -0.287 e. The molecule has 0 aliphatic heterocycles. The molecule has 1 fully saturated rings. The highest BCUT2D eigenvalue weighted by Gasteiger charge is 2.28. The van der Waals surface area contributed by atoms with Crippen LogP contribution >= 0.6 is 11.3 Å². The van der Waals surface area contributed by atoms with E-state index in [1.807, 2.05) is 24.3 Å². The number of anilines is 1. The first kappa shape index (κ1) is 17.1. The number of nitrogens with one attached hydrogen (secondary N) is 1. The van der Waals surface area contributed by atoms with Crippen LogP contribution in [0.15, 0.2) is 53.4 Å².